The zero-order valence-electron chi connectivity index (χ0n) is 9.44. The van der Waals surface area contributed by atoms with Gasteiger partial charge < -0.3 is 10.8 Å². The van der Waals surface area contributed by atoms with Gasteiger partial charge in [-0.3, -0.25) is 0 Å². The average molecular weight is 231 g/mol. The lowest BCUT2D eigenvalue weighted by Crippen LogP contribution is -2.26. The number of hydrogen-bond donors (Lipinski definition) is 2. The maximum absolute atomic E-state index is 10.4. The third-order valence-corrected chi connectivity index (χ3v) is 1.84. The van der Waals surface area contributed by atoms with Crippen LogP contribution in [0.5, 0.6) is 0 Å². The van der Waals surface area contributed by atoms with Gasteiger partial charge in [0.05, 0.1) is 5.69 Å². The van der Waals surface area contributed by atoms with Crippen LogP contribution in [0.2, 0.25) is 0 Å². The van der Waals surface area contributed by atoms with Gasteiger partial charge >= 0.3 is 5.97 Å². The van der Waals surface area contributed by atoms with E-state index in [0.29, 0.717) is 12.1 Å². The highest BCUT2D eigenvalue weighted by Gasteiger charge is 2.12. The molecule has 0 aliphatic carbocycles. The highest BCUT2D eigenvalue weighted by molar-refractivity contribution is 7.07. The van der Waals surface area contributed by atoms with Crippen LogP contribution in [-0.4, -0.2) is 26.2 Å². The van der Waals surface area contributed by atoms with E-state index >= 15 is 0 Å². The minimum absolute atomic E-state index is 0. The van der Waals surface area contributed by atoms with Gasteiger partial charge in [-0.2, -0.15) is 0 Å². The van der Waals surface area contributed by atoms with Gasteiger partial charge in [0.25, 0.3) is 0 Å². The third kappa shape index (κ3) is 6.98. The number of carboxylic acids is 1. The Kier molecular flexibility index (Phi) is 5.38. The second-order valence-electron chi connectivity index (χ2n) is 4.07. The molecule has 0 bridgehead atoms. The standard InChI is InChI=1S/C5H6N2O2S.C4H11N/c1-2-3-4(5(8)9)10-7-6-3;1-4(2,3)5/h2H2,1H3,(H,8,9);5H2,1-3H3. The molecule has 0 atom stereocenters. The van der Waals surface area contributed by atoms with E-state index < -0.39 is 5.97 Å². The topological polar surface area (TPSA) is 89.1 Å². The molecule has 1 rings (SSSR count). The summed E-state index contributed by atoms with van der Waals surface area (Å²) in [4.78, 5) is 10.6. The van der Waals surface area contributed by atoms with Gasteiger partial charge in [0.15, 0.2) is 4.88 Å². The number of carboxylic acid groups (broad SMARTS) is 1. The van der Waals surface area contributed by atoms with Crippen LogP contribution in [0.25, 0.3) is 0 Å². The van der Waals surface area contributed by atoms with Crippen molar-refractivity contribution >= 4 is 17.5 Å². The SMILES string of the molecule is CC(C)(C)N.CCc1nnsc1C(=O)O. The van der Waals surface area contributed by atoms with E-state index in [9.17, 15) is 4.79 Å². The molecule has 0 amide bonds. The van der Waals surface area contributed by atoms with E-state index in [4.69, 9.17) is 10.8 Å². The average Bonchev–Trinajstić information content (AvgIpc) is 2.47. The number of hydrogen-bond acceptors (Lipinski definition) is 5. The van der Waals surface area contributed by atoms with Crippen molar-refractivity contribution in [2.24, 2.45) is 5.73 Å². The van der Waals surface area contributed by atoms with E-state index in [1.165, 1.54) is 0 Å². The van der Waals surface area contributed by atoms with Gasteiger partial charge in [0.1, 0.15) is 0 Å². The van der Waals surface area contributed by atoms with Gasteiger partial charge in [-0.05, 0) is 38.7 Å². The second kappa shape index (κ2) is 5.77. The summed E-state index contributed by atoms with van der Waals surface area (Å²) in [7, 11) is 0. The number of nitrogens with zero attached hydrogens (tertiary/aromatic N) is 2. The van der Waals surface area contributed by atoms with E-state index in [0.717, 1.165) is 11.5 Å². The Morgan fingerprint density at radius 1 is 1.53 bits per heavy atom. The van der Waals surface area contributed by atoms with Crippen LogP contribution in [0, 0.1) is 0 Å². The van der Waals surface area contributed by atoms with Crippen molar-refractivity contribution in [2.45, 2.75) is 39.7 Å². The minimum atomic E-state index is -0.938. The lowest BCUT2D eigenvalue weighted by molar-refractivity contribution is 0.0701. The summed E-state index contributed by atoms with van der Waals surface area (Å²) in [6, 6.07) is 0. The Bertz CT molecular complexity index is 311. The normalized spacial score (nSPS) is 10.5. The Hall–Kier alpha value is -1.01. The molecule has 0 unspecified atom stereocenters. The molecule has 1 aromatic heterocycles. The van der Waals surface area contributed by atoms with Crippen molar-refractivity contribution in [2.75, 3.05) is 0 Å². The van der Waals surface area contributed by atoms with Crippen LogP contribution in [0.4, 0.5) is 0 Å². The van der Waals surface area contributed by atoms with E-state index in [1.54, 1.807) is 0 Å². The fraction of sp³-hybridized carbons (Fsp3) is 0.667. The minimum Gasteiger partial charge on any atom is -0.477 e. The summed E-state index contributed by atoms with van der Waals surface area (Å²) in [5, 5.41) is 12.2. The monoisotopic (exact) mass is 231 g/mol. The second-order valence-corrected chi connectivity index (χ2v) is 4.83. The van der Waals surface area contributed by atoms with Crippen molar-refractivity contribution < 1.29 is 9.90 Å². The molecule has 0 saturated heterocycles. The summed E-state index contributed by atoms with van der Waals surface area (Å²) in [6.07, 6.45) is 0.623. The highest BCUT2D eigenvalue weighted by Crippen LogP contribution is 2.09. The highest BCUT2D eigenvalue weighted by atomic mass is 32.1. The van der Waals surface area contributed by atoms with Crippen LogP contribution >= 0.6 is 11.5 Å². The number of rotatable bonds is 2. The largest absolute Gasteiger partial charge is 0.477 e. The molecule has 3 N–H and O–H groups in total. The Morgan fingerprint density at radius 3 is 2.27 bits per heavy atom. The predicted molar refractivity (Wildman–Crippen MR) is 60.2 cm³/mol. The molecule has 0 aliphatic rings. The quantitative estimate of drug-likeness (QED) is 0.806. The van der Waals surface area contributed by atoms with Crippen molar-refractivity contribution in [1.29, 1.82) is 0 Å². The molecule has 1 aromatic rings. The lowest BCUT2D eigenvalue weighted by Gasteiger charge is -2.06. The number of aromatic nitrogens is 2. The molecule has 5 nitrogen and oxygen atoms in total. The Morgan fingerprint density at radius 2 is 2.00 bits per heavy atom. The summed E-state index contributed by atoms with van der Waals surface area (Å²) < 4.78 is 3.53. The molecule has 0 saturated carbocycles. The van der Waals surface area contributed by atoms with E-state index in [1.807, 2.05) is 27.7 Å². The fourth-order valence-corrected chi connectivity index (χ4v) is 1.19. The first-order valence-electron chi connectivity index (χ1n) is 4.59. The molecule has 86 valence electrons. The lowest BCUT2D eigenvalue weighted by atomic mass is 10.1. The molecule has 0 radical (unpaired) electrons. The van der Waals surface area contributed by atoms with Gasteiger partial charge in [0, 0.05) is 5.54 Å². The van der Waals surface area contributed by atoms with Crippen molar-refractivity contribution in [1.82, 2.24) is 9.59 Å². The predicted octanol–water partition coefficient (Wildman–Crippen LogP) is 1.54. The molecule has 6 heteroatoms. The maximum Gasteiger partial charge on any atom is 0.349 e. The molecule has 0 fully saturated rings. The molecule has 1 heterocycles. The smallest absolute Gasteiger partial charge is 0.349 e. The first kappa shape index (κ1) is 14.0. The molecular formula is C9H17N3O2S. The van der Waals surface area contributed by atoms with E-state index in [2.05, 4.69) is 9.59 Å². The number of aromatic carboxylic acids is 1. The number of aryl methyl sites for hydroxylation is 1. The van der Waals surface area contributed by atoms with Crippen molar-refractivity contribution in [3.63, 3.8) is 0 Å². The van der Waals surface area contributed by atoms with Crippen LogP contribution < -0.4 is 5.73 Å². The maximum atomic E-state index is 10.4. The summed E-state index contributed by atoms with van der Waals surface area (Å²) in [6.45, 7) is 7.75. The van der Waals surface area contributed by atoms with Crippen LogP contribution in [-0.2, 0) is 6.42 Å². The van der Waals surface area contributed by atoms with Crippen LogP contribution in [0.15, 0.2) is 0 Å². The zero-order chi connectivity index (χ0) is 12.1. The zero-order valence-corrected chi connectivity index (χ0v) is 10.3. The van der Waals surface area contributed by atoms with Gasteiger partial charge in [-0.25, -0.2) is 4.79 Å². The number of carbonyl (C=O) groups is 1. The van der Waals surface area contributed by atoms with Crippen LogP contribution in [0.1, 0.15) is 43.1 Å². The molecule has 0 spiro atoms. The third-order valence-electron chi connectivity index (χ3n) is 1.08. The fourth-order valence-electron chi connectivity index (χ4n) is 0.602. The molecular weight excluding hydrogens is 214 g/mol. The van der Waals surface area contributed by atoms with Gasteiger partial charge in [-0.15, -0.1) is 5.10 Å². The van der Waals surface area contributed by atoms with E-state index in [-0.39, 0.29) is 10.4 Å². The Labute approximate surface area is 93.5 Å². The summed E-state index contributed by atoms with van der Waals surface area (Å²) in [5.41, 5.74) is 5.92. The van der Waals surface area contributed by atoms with Gasteiger partial charge in [-0.1, -0.05) is 11.4 Å². The first-order valence-corrected chi connectivity index (χ1v) is 5.36. The molecule has 0 aliphatic heterocycles. The summed E-state index contributed by atoms with van der Waals surface area (Å²) in [5.74, 6) is -0.938. The van der Waals surface area contributed by atoms with Gasteiger partial charge in [0.2, 0.25) is 0 Å². The van der Waals surface area contributed by atoms with Crippen molar-refractivity contribution in [3.8, 4) is 0 Å². The molecule has 15 heavy (non-hydrogen) atoms. The summed E-state index contributed by atoms with van der Waals surface area (Å²) >= 11 is 0.922. The molecule has 0 aromatic carbocycles. The van der Waals surface area contributed by atoms with Crippen LogP contribution in [0.3, 0.4) is 0 Å². The number of nitrogens with two attached hydrogens (primary N) is 1. The first-order chi connectivity index (χ1) is 6.75. The Balaban J connectivity index is 0.000000336. The van der Waals surface area contributed by atoms with Crippen molar-refractivity contribution in [3.05, 3.63) is 10.6 Å².